The van der Waals surface area contributed by atoms with Crippen molar-refractivity contribution in [1.29, 1.82) is 0 Å². The molecule has 1 amide bonds. The molecule has 182 valence electrons. The van der Waals surface area contributed by atoms with Crippen molar-refractivity contribution < 1.29 is 18.0 Å². The maximum atomic E-state index is 13.1. The second kappa shape index (κ2) is 9.53. The van der Waals surface area contributed by atoms with Crippen molar-refractivity contribution in [3.63, 3.8) is 0 Å². The Kier molecular flexibility index (Phi) is 6.86. The fourth-order valence-electron chi connectivity index (χ4n) is 4.11. The fraction of sp³-hybridized carbons (Fsp3) is 0.435. The molecule has 2 aromatic heterocycles. The number of pyridine rings is 1. The molecular formula is C23H26BrF3N6O. The average molecular weight is 539 g/mol. The van der Waals surface area contributed by atoms with Crippen molar-refractivity contribution in [2.45, 2.75) is 33.5 Å². The molecule has 3 heterocycles. The number of aryl methyl sites for hydroxylation is 1. The van der Waals surface area contributed by atoms with Crippen LogP contribution in [0.3, 0.4) is 0 Å². The molecule has 1 aliphatic rings. The average Bonchev–Trinajstić information content (AvgIpc) is 3.08. The number of hydrogen-bond acceptors (Lipinski definition) is 5. The highest BCUT2D eigenvalue weighted by molar-refractivity contribution is 9.10. The van der Waals surface area contributed by atoms with Gasteiger partial charge in [-0.15, -0.1) is 0 Å². The Balaban J connectivity index is 1.49. The molecule has 4 rings (SSSR count). The number of nitrogens with zero attached hydrogens (tertiary/aromatic N) is 5. The summed E-state index contributed by atoms with van der Waals surface area (Å²) in [6.45, 7) is 10.2. The summed E-state index contributed by atoms with van der Waals surface area (Å²) in [4.78, 5) is 22.1. The molecule has 0 saturated carbocycles. The van der Waals surface area contributed by atoms with Crippen molar-refractivity contribution in [3.8, 4) is 0 Å². The first-order valence-corrected chi connectivity index (χ1v) is 11.8. The monoisotopic (exact) mass is 538 g/mol. The summed E-state index contributed by atoms with van der Waals surface area (Å²) in [6, 6.07) is 7.49. The van der Waals surface area contributed by atoms with E-state index in [1.54, 1.807) is 6.07 Å². The van der Waals surface area contributed by atoms with E-state index in [4.69, 9.17) is 4.98 Å². The molecule has 11 heteroatoms. The smallest absolute Gasteiger partial charge is 0.354 e. The molecule has 3 aromatic rings. The fourth-order valence-corrected chi connectivity index (χ4v) is 4.61. The third-order valence-corrected chi connectivity index (χ3v) is 7.07. The number of fused-ring (bicyclic) bond motifs is 1. The van der Waals surface area contributed by atoms with Crippen LogP contribution in [0.25, 0.3) is 10.9 Å². The molecule has 34 heavy (non-hydrogen) atoms. The molecule has 1 N–H and O–H groups in total. The lowest BCUT2D eigenvalue weighted by Gasteiger charge is -2.35. The summed E-state index contributed by atoms with van der Waals surface area (Å²) in [5.41, 5.74) is 1.60. The summed E-state index contributed by atoms with van der Waals surface area (Å²) in [7, 11) is 0. The number of halogens is 4. The minimum atomic E-state index is -4.60. The number of alkyl halides is 3. The van der Waals surface area contributed by atoms with Gasteiger partial charge < -0.3 is 15.1 Å². The quantitative estimate of drug-likeness (QED) is 0.513. The molecule has 0 bridgehead atoms. The molecule has 1 aromatic carbocycles. The third-order valence-electron chi connectivity index (χ3n) is 6.12. The van der Waals surface area contributed by atoms with E-state index in [-0.39, 0.29) is 16.7 Å². The normalized spacial score (nSPS) is 15.2. The number of aromatic nitrogens is 3. The van der Waals surface area contributed by atoms with Crippen LogP contribution in [0.4, 0.5) is 24.7 Å². The molecule has 1 fully saturated rings. The van der Waals surface area contributed by atoms with Gasteiger partial charge in [0.1, 0.15) is 12.4 Å². The minimum absolute atomic E-state index is 0.160. The molecule has 0 aliphatic carbocycles. The topological polar surface area (TPSA) is 66.3 Å². The van der Waals surface area contributed by atoms with E-state index in [1.165, 1.54) is 6.92 Å². The number of rotatable bonds is 5. The lowest BCUT2D eigenvalue weighted by molar-refractivity contribution is -0.142. The van der Waals surface area contributed by atoms with Gasteiger partial charge in [0.2, 0.25) is 5.91 Å². The number of likely N-dealkylation sites (N-methyl/N-ethyl adjacent to an activating group) is 1. The number of nitrogens with one attached hydrogen (secondary N) is 1. The maximum Gasteiger partial charge on any atom is 0.436 e. The van der Waals surface area contributed by atoms with Gasteiger partial charge in [-0.05, 0) is 66.2 Å². The van der Waals surface area contributed by atoms with Gasteiger partial charge in [0, 0.05) is 37.3 Å². The highest BCUT2D eigenvalue weighted by Crippen LogP contribution is 2.35. The maximum absolute atomic E-state index is 13.1. The van der Waals surface area contributed by atoms with Crippen molar-refractivity contribution in [2.24, 2.45) is 0 Å². The number of benzene rings is 1. The first kappa shape index (κ1) is 24.5. The van der Waals surface area contributed by atoms with Crippen LogP contribution >= 0.6 is 15.9 Å². The molecule has 0 spiro atoms. The zero-order valence-corrected chi connectivity index (χ0v) is 20.8. The highest BCUT2D eigenvalue weighted by Gasteiger charge is 2.38. The van der Waals surface area contributed by atoms with Crippen LogP contribution in [-0.4, -0.2) is 58.3 Å². The Bertz CT molecular complexity index is 1220. The number of hydrogen-bond donors (Lipinski definition) is 1. The van der Waals surface area contributed by atoms with E-state index in [0.29, 0.717) is 5.69 Å². The van der Waals surface area contributed by atoms with Gasteiger partial charge >= 0.3 is 6.18 Å². The molecule has 0 atom stereocenters. The van der Waals surface area contributed by atoms with Gasteiger partial charge in [-0.3, -0.25) is 9.48 Å². The van der Waals surface area contributed by atoms with E-state index in [1.807, 2.05) is 19.1 Å². The van der Waals surface area contributed by atoms with Crippen molar-refractivity contribution in [1.82, 2.24) is 19.7 Å². The molecule has 1 saturated heterocycles. The third kappa shape index (κ3) is 5.05. The van der Waals surface area contributed by atoms with Crippen LogP contribution in [0.1, 0.15) is 23.9 Å². The van der Waals surface area contributed by atoms with Gasteiger partial charge in [-0.25, -0.2) is 4.98 Å². The summed E-state index contributed by atoms with van der Waals surface area (Å²) < 4.78 is 40.1. The van der Waals surface area contributed by atoms with Crippen molar-refractivity contribution >= 4 is 44.2 Å². The largest absolute Gasteiger partial charge is 0.436 e. The van der Waals surface area contributed by atoms with E-state index >= 15 is 0 Å². The minimum Gasteiger partial charge on any atom is -0.354 e. The SMILES string of the molecule is CCN1CCN(c2cc(C)c3cc(NC(=O)Cn4nc(C(F)(F)F)c(Br)c4C)ccc3n2)CC1. The molecular weight excluding hydrogens is 513 g/mol. The summed E-state index contributed by atoms with van der Waals surface area (Å²) in [6.07, 6.45) is -4.60. The van der Waals surface area contributed by atoms with Crippen molar-refractivity contribution in [3.05, 3.63) is 45.7 Å². The number of carbonyl (C=O) groups is 1. The lowest BCUT2D eigenvalue weighted by atomic mass is 10.1. The molecule has 1 aliphatic heterocycles. The first-order chi connectivity index (χ1) is 16.1. The molecule has 0 unspecified atom stereocenters. The van der Waals surface area contributed by atoms with Gasteiger partial charge in [0.05, 0.1) is 15.7 Å². The summed E-state index contributed by atoms with van der Waals surface area (Å²) >= 11 is 2.92. The Morgan fingerprint density at radius 2 is 1.85 bits per heavy atom. The van der Waals surface area contributed by atoms with Crippen LogP contribution in [-0.2, 0) is 17.5 Å². The van der Waals surface area contributed by atoms with Crippen LogP contribution in [0, 0.1) is 13.8 Å². The first-order valence-electron chi connectivity index (χ1n) is 11.1. The van der Waals surface area contributed by atoms with Crippen LogP contribution in [0.2, 0.25) is 0 Å². The second-order valence-electron chi connectivity index (χ2n) is 8.40. The van der Waals surface area contributed by atoms with E-state index in [9.17, 15) is 18.0 Å². The Morgan fingerprint density at radius 1 is 1.15 bits per heavy atom. The van der Waals surface area contributed by atoms with Gasteiger partial charge in [0.15, 0.2) is 5.69 Å². The Hall–Kier alpha value is -2.66. The van der Waals surface area contributed by atoms with Crippen molar-refractivity contribution in [2.75, 3.05) is 42.9 Å². The zero-order valence-electron chi connectivity index (χ0n) is 19.2. The van der Waals surface area contributed by atoms with Crippen LogP contribution in [0.5, 0.6) is 0 Å². The second-order valence-corrected chi connectivity index (χ2v) is 9.20. The van der Waals surface area contributed by atoms with Gasteiger partial charge in [-0.1, -0.05) is 6.92 Å². The predicted molar refractivity (Wildman–Crippen MR) is 129 cm³/mol. The predicted octanol–water partition coefficient (Wildman–Crippen LogP) is 4.61. The van der Waals surface area contributed by atoms with Crippen LogP contribution in [0.15, 0.2) is 28.7 Å². The standard InChI is InChI=1S/C23H26BrF3N6O/c1-4-31-7-9-32(10-8-31)19-11-14(2)17-12-16(5-6-18(17)29-19)28-20(34)13-33-15(3)21(24)22(30-33)23(25,26)27/h5-6,11-12H,4,7-10,13H2,1-3H3,(H,28,34). The Labute approximate surface area is 204 Å². The zero-order chi connectivity index (χ0) is 24.6. The number of piperazine rings is 1. The number of anilines is 2. The Morgan fingerprint density at radius 3 is 2.47 bits per heavy atom. The van der Waals surface area contributed by atoms with E-state index in [0.717, 1.165) is 59.7 Å². The molecule has 0 radical (unpaired) electrons. The van der Waals surface area contributed by atoms with Crippen LogP contribution < -0.4 is 10.2 Å². The van der Waals surface area contributed by atoms with E-state index < -0.39 is 17.8 Å². The number of carbonyl (C=O) groups excluding carboxylic acids is 1. The lowest BCUT2D eigenvalue weighted by Crippen LogP contribution is -2.46. The van der Waals surface area contributed by atoms with Gasteiger partial charge in [0.25, 0.3) is 0 Å². The van der Waals surface area contributed by atoms with E-state index in [2.05, 4.69) is 49.1 Å². The highest BCUT2D eigenvalue weighted by atomic mass is 79.9. The summed E-state index contributed by atoms with van der Waals surface area (Å²) in [5, 5.41) is 7.22. The summed E-state index contributed by atoms with van der Waals surface area (Å²) in [5.74, 6) is 0.472. The van der Waals surface area contributed by atoms with Gasteiger partial charge in [-0.2, -0.15) is 18.3 Å². The molecule has 7 nitrogen and oxygen atoms in total. The number of amides is 1.